The van der Waals surface area contributed by atoms with Gasteiger partial charge in [-0.15, -0.1) is 0 Å². The number of aliphatic carboxylic acids is 1. The average molecular weight is 337 g/mol. The molecule has 1 heterocycles. The van der Waals surface area contributed by atoms with E-state index in [1.165, 1.54) is 0 Å². The molecule has 0 bridgehead atoms. The van der Waals surface area contributed by atoms with Gasteiger partial charge in [0.05, 0.1) is 26.4 Å². The Morgan fingerprint density at radius 3 is 2.54 bits per heavy atom. The molecule has 7 heteroatoms. The minimum absolute atomic E-state index is 0.0696. The van der Waals surface area contributed by atoms with Crippen molar-refractivity contribution in [3.05, 3.63) is 24.3 Å². The van der Waals surface area contributed by atoms with Gasteiger partial charge in [0.25, 0.3) is 0 Å². The normalized spacial score (nSPS) is 17.4. The largest absolute Gasteiger partial charge is 0.494 e. The number of carboxylic acids is 1. The van der Waals surface area contributed by atoms with Gasteiger partial charge in [-0.05, 0) is 37.6 Å². The van der Waals surface area contributed by atoms with E-state index in [1.807, 2.05) is 31.2 Å². The molecule has 1 amide bonds. The van der Waals surface area contributed by atoms with Crippen LogP contribution in [0, 0.1) is 0 Å². The van der Waals surface area contributed by atoms with Crippen LogP contribution in [0.1, 0.15) is 19.8 Å². The second-order valence-corrected chi connectivity index (χ2v) is 5.39. The van der Waals surface area contributed by atoms with Crippen molar-refractivity contribution in [2.75, 3.05) is 32.9 Å². The third-order valence-corrected chi connectivity index (χ3v) is 3.63. The number of benzene rings is 1. The van der Waals surface area contributed by atoms with Crippen molar-refractivity contribution in [1.29, 1.82) is 0 Å². The highest BCUT2D eigenvalue weighted by Crippen LogP contribution is 2.18. The highest BCUT2D eigenvalue weighted by molar-refractivity contribution is 5.78. The van der Waals surface area contributed by atoms with Crippen molar-refractivity contribution in [1.82, 2.24) is 4.90 Å². The van der Waals surface area contributed by atoms with Gasteiger partial charge in [0, 0.05) is 13.0 Å². The Kier molecular flexibility index (Phi) is 6.87. The molecule has 1 atom stereocenters. The molecule has 0 spiro atoms. The summed E-state index contributed by atoms with van der Waals surface area (Å²) in [5.74, 6) is 0.412. The number of carbonyl (C=O) groups is 2. The number of hydrogen-bond donors (Lipinski definition) is 1. The highest BCUT2D eigenvalue weighted by atomic mass is 16.5. The number of carbonyl (C=O) groups excluding carboxylic acids is 1. The molecule has 0 aliphatic carbocycles. The zero-order valence-electron chi connectivity index (χ0n) is 13.8. The van der Waals surface area contributed by atoms with Crippen LogP contribution >= 0.6 is 0 Å². The molecule has 132 valence electrons. The lowest BCUT2D eigenvalue weighted by atomic mass is 10.2. The summed E-state index contributed by atoms with van der Waals surface area (Å²) in [7, 11) is 0. The molecule has 1 unspecified atom stereocenters. The highest BCUT2D eigenvalue weighted by Gasteiger charge is 2.28. The van der Waals surface area contributed by atoms with Gasteiger partial charge in [-0.25, -0.2) is 4.79 Å². The van der Waals surface area contributed by atoms with E-state index < -0.39 is 12.1 Å². The number of rotatable bonds is 8. The molecule has 1 aromatic carbocycles. The SMILES string of the molecule is CCOc1ccc(OCCCC(=O)N2CCOC(C(=O)O)C2)cc1. The lowest BCUT2D eigenvalue weighted by molar-refractivity contribution is -0.159. The van der Waals surface area contributed by atoms with Crippen molar-refractivity contribution >= 4 is 11.9 Å². The summed E-state index contributed by atoms with van der Waals surface area (Å²) < 4.78 is 16.0. The van der Waals surface area contributed by atoms with Crippen LogP contribution in [0.15, 0.2) is 24.3 Å². The zero-order chi connectivity index (χ0) is 17.4. The van der Waals surface area contributed by atoms with Gasteiger partial charge in [-0.3, -0.25) is 4.79 Å². The maximum Gasteiger partial charge on any atom is 0.334 e. The maximum absolute atomic E-state index is 12.1. The predicted molar refractivity (Wildman–Crippen MR) is 86.3 cm³/mol. The topological polar surface area (TPSA) is 85.3 Å². The zero-order valence-corrected chi connectivity index (χ0v) is 13.8. The summed E-state index contributed by atoms with van der Waals surface area (Å²) in [6.45, 7) is 3.76. The molecule has 24 heavy (non-hydrogen) atoms. The van der Waals surface area contributed by atoms with Crippen LogP contribution in [0.25, 0.3) is 0 Å². The maximum atomic E-state index is 12.1. The van der Waals surface area contributed by atoms with Crippen molar-refractivity contribution in [3.8, 4) is 11.5 Å². The van der Waals surface area contributed by atoms with Crippen LogP contribution in [0.3, 0.4) is 0 Å². The molecule has 0 aromatic heterocycles. The van der Waals surface area contributed by atoms with Crippen molar-refractivity contribution in [2.45, 2.75) is 25.9 Å². The van der Waals surface area contributed by atoms with Crippen LogP contribution in [0.2, 0.25) is 0 Å². The molecular weight excluding hydrogens is 314 g/mol. The molecule has 1 saturated heterocycles. The van der Waals surface area contributed by atoms with E-state index in [0.29, 0.717) is 32.6 Å². The first-order valence-electron chi connectivity index (χ1n) is 8.08. The first-order chi connectivity index (χ1) is 11.6. The van der Waals surface area contributed by atoms with Crippen molar-refractivity contribution in [2.24, 2.45) is 0 Å². The molecule has 1 fully saturated rings. The Balaban J connectivity index is 1.68. The fraction of sp³-hybridized carbons (Fsp3) is 0.529. The van der Waals surface area contributed by atoms with Crippen LogP contribution in [-0.2, 0) is 14.3 Å². The first kappa shape index (κ1) is 18.1. The third kappa shape index (κ3) is 5.42. The molecule has 1 aliphatic heterocycles. The third-order valence-electron chi connectivity index (χ3n) is 3.63. The second kappa shape index (κ2) is 9.12. The van der Waals surface area contributed by atoms with E-state index in [1.54, 1.807) is 4.90 Å². The van der Waals surface area contributed by atoms with Crippen molar-refractivity contribution < 1.29 is 28.9 Å². The monoisotopic (exact) mass is 337 g/mol. The van der Waals surface area contributed by atoms with Crippen LogP contribution in [-0.4, -0.2) is 60.9 Å². The number of ether oxygens (including phenoxy) is 3. The Bertz CT molecular complexity index is 545. The Morgan fingerprint density at radius 1 is 1.25 bits per heavy atom. The Hall–Kier alpha value is -2.28. The Morgan fingerprint density at radius 2 is 1.92 bits per heavy atom. The van der Waals surface area contributed by atoms with E-state index >= 15 is 0 Å². The lowest BCUT2D eigenvalue weighted by Crippen LogP contribution is -2.48. The minimum atomic E-state index is -1.04. The molecule has 1 aromatic rings. The van der Waals surface area contributed by atoms with Crippen LogP contribution < -0.4 is 9.47 Å². The number of morpholine rings is 1. The van der Waals surface area contributed by atoms with Crippen molar-refractivity contribution in [3.63, 3.8) is 0 Å². The van der Waals surface area contributed by atoms with Gasteiger partial charge in [-0.2, -0.15) is 0 Å². The number of amides is 1. The van der Waals surface area contributed by atoms with Gasteiger partial charge in [-0.1, -0.05) is 0 Å². The van der Waals surface area contributed by atoms with E-state index in [9.17, 15) is 9.59 Å². The summed E-state index contributed by atoms with van der Waals surface area (Å²) in [5, 5.41) is 8.94. The second-order valence-electron chi connectivity index (χ2n) is 5.39. The first-order valence-corrected chi connectivity index (χ1v) is 8.08. The van der Waals surface area contributed by atoms with Gasteiger partial charge >= 0.3 is 5.97 Å². The van der Waals surface area contributed by atoms with E-state index in [0.717, 1.165) is 11.5 Å². The van der Waals surface area contributed by atoms with E-state index in [2.05, 4.69) is 0 Å². The van der Waals surface area contributed by atoms with Gasteiger partial charge < -0.3 is 24.2 Å². The standard InChI is InChI=1S/C17H23NO6/c1-2-22-13-5-7-14(8-6-13)23-10-3-4-16(19)18-9-11-24-15(12-18)17(20)21/h5-8,15H,2-4,9-12H2,1H3,(H,20,21). The number of nitrogens with zero attached hydrogens (tertiary/aromatic N) is 1. The molecule has 1 N–H and O–H groups in total. The summed E-state index contributed by atoms with van der Waals surface area (Å²) >= 11 is 0. The van der Waals surface area contributed by atoms with Crippen LogP contribution in [0.5, 0.6) is 11.5 Å². The molecule has 7 nitrogen and oxygen atoms in total. The summed E-state index contributed by atoms with van der Waals surface area (Å²) in [6, 6.07) is 7.33. The molecule has 1 aliphatic rings. The van der Waals surface area contributed by atoms with Gasteiger partial charge in [0.1, 0.15) is 11.5 Å². The van der Waals surface area contributed by atoms with Crippen LogP contribution in [0.4, 0.5) is 0 Å². The number of carboxylic acid groups (broad SMARTS) is 1. The molecule has 0 radical (unpaired) electrons. The quantitative estimate of drug-likeness (QED) is 0.725. The fourth-order valence-electron chi connectivity index (χ4n) is 2.40. The summed E-state index contributed by atoms with van der Waals surface area (Å²) in [4.78, 5) is 24.6. The van der Waals surface area contributed by atoms with E-state index in [-0.39, 0.29) is 19.1 Å². The molecular formula is C17H23NO6. The molecule has 0 saturated carbocycles. The van der Waals surface area contributed by atoms with Gasteiger partial charge in [0.2, 0.25) is 5.91 Å². The smallest absolute Gasteiger partial charge is 0.334 e. The summed E-state index contributed by atoms with van der Waals surface area (Å²) in [6.07, 6.45) is -0.0346. The Labute approximate surface area is 141 Å². The average Bonchev–Trinajstić information content (AvgIpc) is 2.60. The lowest BCUT2D eigenvalue weighted by Gasteiger charge is -2.30. The number of hydrogen-bond acceptors (Lipinski definition) is 5. The molecule has 2 rings (SSSR count). The summed E-state index contributed by atoms with van der Waals surface area (Å²) in [5.41, 5.74) is 0. The predicted octanol–water partition coefficient (Wildman–Crippen LogP) is 1.56. The minimum Gasteiger partial charge on any atom is -0.494 e. The van der Waals surface area contributed by atoms with Gasteiger partial charge in [0.15, 0.2) is 6.10 Å². The fourth-order valence-corrected chi connectivity index (χ4v) is 2.40. The van der Waals surface area contributed by atoms with E-state index in [4.69, 9.17) is 19.3 Å².